The Balaban J connectivity index is 2.67. The first-order valence-corrected chi connectivity index (χ1v) is 6.77. The predicted molar refractivity (Wildman–Crippen MR) is 70.8 cm³/mol. The molecule has 1 heterocycles. The number of carboxylic acid groups (broad SMARTS) is 1. The highest BCUT2D eigenvalue weighted by molar-refractivity contribution is 5.82. The number of aliphatic hydroxyl groups is 1. The zero-order valence-electron chi connectivity index (χ0n) is 11.8. The van der Waals surface area contributed by atoms with Gasteiger partial charge in [0.15, 0.2) is 0 Å². The summed E-state index contributed by atoms with van der Waals surface area (Å²) in [4.78, 5) is 24.8. The van der Waals surface area contributed by atoms with Crippen LogP contribution in [0, 0.1) is 11.8 Å². The molecule has 1 aliphatic heterocycles. The Kier molecular flexibility index (Phi) is 5.60. The number of nitrogens with zero attached hydrogens (tertiary/aromatic N) is 1. The highest BCUT2D eigenvalue weighted by Crippen LogP contribution is 2.26. The van der Waals surface area contributed by atoms with Crippen LogP contribution in [0.4, 0.5) is 4.79 Å². The Bertz CT molecular complexity index is 335. The lowest BCUT2D eigenvalue weighted by atomic mass is 9.86. The van der Waals surface area contributed by atoms with Crippen molar-refractivity contribution in [1.29, 1.82) is 0 Å². The molecule has 6 nitrogen and oxygen atoms in total. The molecule has 1 aliphatic rings. The number of carbonyl (C=O) groups excluding carboxylic acids is 1. The largest absolute Gasteiger partial charge is 0.480 e. The van der Waals surface area contributed by atoms with Crippen molar-refractivity contribution in [2.24, 2.45) is 11.8 Å². The maximum Gasteiger partial charge on any atom is 0.326 e. The Labute approximate surface area is 113 Å². The summed E-state index contributed by atoms with van der Waals surface area (Å²) in [6.45, 7) is 6.55. The van der Waals surface area contributed by atoms with Crippen LogP contribution in [0.5, 0.6) is 0 Å². The zero-order valence-corrected chi connectivity index (χ0v) is 11.8. The van der Waals surface area contributed by atoms with Crippen LogP contribution in [0.2, 0.25) is 0 Å². The van der Waals surface area contributed by atoms with E-state index in [0.717, 1.165) is 6.42 Å². The standard InChI is InChI=1S/C13H24N2O4/c1-8-6-9(2)10(3)15(7-8)13(19)14-11(4-5-16)12(17)18/h8-11,16H,4-7H2,1-3H3,(H,14,19)(H,17,18)/t8?,9?,10?,11-/m0/s1. The molecule has 1 fully saturated rings. The molecule has 110 valence electrons. The quantitative estimate of drug-likeness (QED) is 0.709. The average molecular weight is 272 g/mol. The third kappa shape index (κ3) is 4.09. The van der Waals surface area contributed by atoms with Gasteiger partial charge in [-0.25, -0.2) is 9.59 Å². The molecule has 19 heavy (non-hydrogen) atoms. The van der Waals surface area contributed by atoms with Gasteiger partial charge in [0.25, 0.3) is 0 Å². The fourth-order valence-corrected chi connectivity index (χ4v) is 2.60. The van der Waals surface area contributed by atoms with E-state index in [1.807, 2.05) is 6.92 Å². The molecule has 0 saturated carbocycles. The second-order valence-electron chi connectivity index (χ2n) is 5.56. The number of likely N-dealkylation sites (tertiary alicyclic amines) is 1. The van der Waals surface area contributed by atoms with Crippen molar-refractivity contribution < 1.29 is 19.8 Å². The van der Waals surface area contributed by atoms with E-state index in [-0.39, 0.29) is 25.1 Å². The number of hydrogen-bond acceptors (Lipinski definition) is 3. The maximum atomic E-state index is 12.2. The SMILES string of the molecule is CC1CC(C)C(C)N(C(=O)N[C@@H](CCO)C(=O)O)C1. The van der Waals surface area contributed by atoms with Gasteiger partial charge in [-0.05, 0) is 25.2 Å². The number of rotatable bonds is 4. The van der Waals surface area contributed by atoms with Crippen LogP contribution in [0.25, 0.3) is 0 Å². The molecule has 3 unspecified atom stereocenters. The number of hydrogen-bond donors (Lipinski definition) is 3. The summed E-state index contributed by atoms with van der Waals surface area (Å²) < 4.78 is 0. The topological polar surface area (TPSA) is 89.9 Å². The van der Waals surface area contributed by atoms with Crippen LogP contribution in [-0.4, -0.2) is 52.3 Å². The van der Waals surface area contributed by atoms with Crippen molar-refractivity contribution >= 4 is 12.0 Å². The minimum Gasteiger partial charge on any atom is -0.480 e. The van der Waals surface area contributed by atoms with Gasteiger partial charge < -0.3 is 20.4 Å². The molecule has 0 aromatic heterocycles. The normalized spacial score (nSPS) is 28.8. The zero-order chi connectivity index (χ0) is 14.6. The molecule has 0 bridgehead atoms. The number of aliphatic hydroxyl groups excluding tert-OH is 1. The number of carboxylic acids is 1. The smallest absolute Gasteiger partial charge is 0.326 e. The average Bonchev–Trinajstić information content (AvgIpc) is 2.32. The van der Waals surface area contributed by atoms with Crippen molar-refractivity contribution in [2.75, 3.05) is 13.2 Å². The lowest BCUT2D eigenvalue weighted by Crippen LogP contribution is -2.55. The van der Waals surface area contributed by atoms with Gasteiger partial charge in [0.2, 0.25) is 0 Å². The van der Waals surface area contributed by atoms with Gasteiger partial charge in [-0.15, -0.1) is 0 Å². The molecule has 0 spiro atoms. The Morgan fingerprint density at radius 1 is 1.37 bits per heavy atom. The first-order chi connectivity index (χ1) is 8.86. The van der Waals surface area contributed by atoms with E-state index < -0.39 is 12.0 Å². The molecular formula is C13H24N2O4. The van der Waals surface area contributed by atoms with E-state index >= 15 is 0 Å². The highest BCUT2D eigenvalue weighted by atomic mass is 16.4. The van der Waals surface area contributed by atoms with Gasteiger partial charge in [-0.3, -0.25) is 0 Å². The van der Waals surface area contributed by atoms with Crippen LogP contribution in [-0.2, 0) is 4.79 Å². The number of piperidine rings is 1. The second-order valence-corrected chi connectivity index (χ2v) is 5.56. The third-order valence-corrected chi connectivity index (χ3v) is 3.87. The van der Waals surface area contributed by atoms with Crippen molar-refractivity contribution in [3.63, 3.8) is 0 Å². The molecule has 0 aromatic carbocycles. The lowest BCUT2D eigenvalue weighted by molar-refractivity contribution is -0.139. The first kappa shape index (κ1) is 15.8. The van der Waals surface area contributed by atoms with Crippen LogP contribution in [0.1, 0.15) is 33.6 Å². The minimum absolute atomic E-state index is 0.0222. The van der Waals surface area contributed by atoms with E-state index in [1.54, 1.807) is 4.90 Å². The number of carbonyl (C=O) groups is 2. The molecule has 1 rings (SSSR count). The van der Waals surface area contributed by atoms with Crippen molar-refractivity contribution in [2.45, 2.75) is 45.7 Å². The molecule has 0 aromatic rings. The second kappa shape index (κ2) is 6.75. The van der Waals surface area contributed by atoms with E-state index in [0.29, 0.717) is 18.4 Å². The molecule has 1 saturated heterocycles. The van der Waals surface area contributed by atoms with Gasteiger partial charge >= 0.3 is 12.0 Å². The monoisotopic (exact) mass is 272 g/mol. The van der Waals surface area contributed by atoms with Gasteiger partial charge in [-0.2, -0.15) is 0 Å². The number of aliphatic carboxylic acids is 1. The summed E-state index contributed by atoms with van der Waals surface area (Å²) in [7, 11) is 0. The minimum atomic E-state index is -1.12. The Hall–Kier alpha value is -1.30. The van der Waals surface area contributed by atoms with Crippen molar-refractivity contribution in [1.82, 2.24) is 10.2 Å². The Morgan fingerprint density at radius 3 is 2.53 bits per heavy atom. The summed E-state index contributed by atoms with van der Waals surface area (Å²) in [5, 5.41) is 20.3. The van der Waals surface area contributed by atoms with E-state index in [4.69, 9.17) is 10.2 Å². The molecule has 0 radical (unpaired) electrons. The van der Waals surface area contributed by atoms with E-state index in [9.17, 15) is 9.59 Å². The van der Waals surface area contributed by atoms with Gasteiger partial charge in [0.05, 0.1) is 0 Å². The van der Waals surface area contributed by atoms with Crippen LogP contribution >= 0.6 is 0 Å². The molecule has 3 N–H and O–H groups in total. The van der Waals surface area contributed by atoms with Crippen LogP contribution in [0.15, 0.2) is 0 Å². The van der Waals surface area contributed by atoms with Crippen LogP contribution in [0.3, 0.4) is 0 Å². The van der Waals surface area contributed by atoms with Crippen molar-refractivity contribution in [3.05, 3.63) is 0 Å². The van der Waals surface area contributed by atoms with E-state index in [2.05, 4.69) is 19.2 Å². The summed E-state index contributed by atoms with van der Waals surface area (Å²) >= 11 is 0. The third-order valence-electron chi connectivity index (χ3n) is 3.87. The maximum absolute atomic E-state index is 12.2. The molecule has 2 amide bonds. The number of urea groups is 1. The number of amides is 2. The molecule has 4 atom stereocenters. The lowest BCUT2D eigenvalue weighted by Gasteiger charge is -2.41. The summed E-state index contributed by atoms with van der Waals surface area (Å²) in [6, 6.07) is -1.29. The fraction of sp³-hybridized carbons (Fsp3) is 0.846. The fourth-order valence-electron chi connectivity index (χ4n) is 2.60. The van der Waals surface area contributed by atoms with Gasteiger partial charge in [-0.1, -0.05) is 13.8 Å². The molecular weight excluding hydrogens is 248 g/mol. The molecule has 0 aliphatic carbocycles. The first-order valence-electron chi connectivity index (χ1n) is 6.77. The highest BCUT2D eigenvalue weighted by Gasteiger charge is 2.33. The van der Waals surface area contributed by atoms with Crippen LogP contribution < -0.4 is 5.32 Å². The summed E-state index contributed by atoms with van der Waals surface area (Å²) in [5.74, 6) is -0.304. The Morgan fingerprint density at radius 2 is 2.00 bits per heavy atom. The predicted octanol–water partition coefficient (Wildman–Crippen LogP) is 0.898. The van der Waals surface area contributed by atoms with Crippen molar-refractivity contribution in [3.8, 4) is 0 Å². The summed E-state index contributed by atoms with van der Waals surface area (Å²) in [5.41, 5.74) is 0. The van der Waals surface area contributed by atoms with Gasteiger partial charge in [0.1, 0.15) is 6.04 Å². The summed E-state index contributed by atoms with van der Waals surface area (Å²) in [6.07, 6.45) is 1.10. The van der Waals surface area contributed by atoms with Gasteiger partial charge in [0, 0.05) is 25.6 Å². The molecule has 6 heteroatoms. The van der Waals surface area contributed by atoms with E-state index in [1.165, 1.54) is 0 Å². The number of nitrogens with one attached hydrogen (secondary N) is 1.